The van der Waals surface area contributed by atoms with Gasteiger partial charge >= 0.3 is 0 Å². The lowest BCUT2D eigenvalue weighted by Crippen LogP contribution is -2.48. The number of hydrogen-bond acceptors (Lipinski definition) is 3. The Morgan fingerprint density at radius 1 is 1.14 bits per heavy atom. The molecule has 1 heterocycles. The summed E-state index contributed by atoms with van der Waals surface area (Å²) in [5.74, 6) is -0.0540. The summed E-state index contributed by atoms with van der Waals surface area (Å²) in [6.07, 6.45) is 3.35. The average Bonchev–Trinajstić information content (AvgIpc) is 2.53. The Bertz CT molecular complexity index is 470. The fraction of sp³-hybridized carbons (Fsp3) is 0.500. The van der Waals surface area contributed by atoms with Gasteiger partial charge < -0.3 is 10.2 Å². The topological polar surface area (TPSA) is 61.4 Å². The highest BCUT2D eigenvalue weighted by Gasteiger charge is 2.22. The summed E-state index contributed by atoms with van der Waals surface area (Å²) in [4.78, 5) is 25.9. The second-order valence-electron chi connectivity index (χ2n) is 5.40. The Morgan fingerprint density at radius 3 is 2.48 bits per heavy atom. The van der Waals surface area contributed by atoms with Gasteiger partial charge in [0.15, 0.2) is 0 Å². The zero-order valence-electron chi connectivity index (χ0n) is 12.5. The van der Waals surface area contributed by atoms with Crippen LogP contribution in [0.4, 0.5) is 5.69 Å². The summed E-state index contributed by atoms with van der Waals surface area (Å²) in [5.41, 5.74) is 0.763. The molecule has 2 N–H and O–H groups in total. The molecule has 2 rings (SSSR count). The number of para-hydroxylation sites is 1. The van der Waals surface area contributed by atoms with Gasteiger partial charge in [0.2, 0.25) is 11.8 Å². The Hall–Kier alpha value is -1.88. The van der Waals surface area contributed by atoms with Gasteiger partial charge in [-0.3, -0.25) is 14.9 Å². The minimum atomic E-state index is -0.329. The monoisotopic (exact) mass is 289 g/mol. The lowest BCUT2D eigenvalue weighted by molar-refractivity contribution is -0.134. The molecule has 1 unspecified atom stereocenters. The number of hydrogen-bond donors (Lipinski definition) is 2. The predicted octanol–water partition coefficient (Wildman–Crippen LogP) is 1.62. The minimum absolute atomic E-state index is 0.0854. The van der Waals surface area contributed by atoms with Gasteiger partial charge in [0, 0.05) is 18.8 Å². The Labute approximate surface area is 125 Å². The number of benzene rings is 1. The van der Waals surface area contributed by atoms with Gasteiger partial charge in [-0.1, -0.05) is 18.2 Å². The van der Waals surface area contributed by atoms with E-state index >= 15 is 0 Å². The van der Waals surface area contributed by atoms with Crippen LogP contribution in [0.5, 0.6) is 0 Å². The van der Waals surface area contributed by atoms with Crippen LogP contribution >= 0.6 is 0 Å². The molecule has 5 nitrogen and oxygen atoms in total. The summed E-state index contributed by atoms with van der Waals surface area (Å²) in [7, 11) is 0. The summed E-state index contributed by atoms with van der Waals surface area (Å²) in [5, 5.41) is 5.79. The van der Waals surface area contributed by atoms with Gasteiger partial charge in [-0.05, 0) is 38.3 Å². The van der Waals surface area contributed by atoms with Crippen molar-refractivity contribution < 1.29 is 9.59 Å². The smallest absolute Gasteiger partial charge is 0.239 e. The van der Waals surface area contributed by atoms with E-state index in [1.165, 1.54) is 6.42 Å². The summed E-state index contributed by atoms with van der Waals surface area (Å²) in [6.45, 7) is 3.62. The second-order valence-corrected chi connectivity index (χ2v) is 5.40. The van der Waals surface area contributed by atoms with Gasteiger partial charge in [-0.2, -0.15) is 0 Å². The van der Waals surface area contributed by atoms with Crippen molar-refractivity contribution in [3.05, 3.63) is 30.3 Å². The maximum atomic E-state index is 12.2. The molecule has 1 aliphatic rings. The molecule has 1 saturated heterocycles. The SMILES string of the molecule is CC(NCC(=O)Nc1ccccc1)C(=O)N1CCCCC1. The highest BCUT2D eigenvalue weighted by atomic mass is 16.2. The van der Waals surface area contributed by atoms with Crippen LogP contribution < -0.4 is 10.6 Å². The molecule has 1 fully saturated rings. The Balaban J connectivity index is 1.74. The van der Waals surface area contributed by atoms with E-state index in [-0.39, 0.29) is 24.4 Å². The Kier molecular flexibility index (Phi) is 5.75. The number of amides is 2. The summed E-state index contributed by atoms with van der Waals surface area (Å²) in [6, 6.07) is 8.97. The lowest BCUT2D eigenvalue weighted by Gasteiger charge is -2.29. The largest absolute Gasteiger partial charge is 0.341 e. The van der Waals surface area contributed by atoms with Crippen molar-refractivity contribution in [3.8, 4) is 0 Å². The van der Waals surface area contributed by atoms with Crippen molar-refractivity contribution in [1.29, 1.82) is 0 Å². The third-order valence-electron chi connectivity index (χ3n) is 3.66. The van der Waals surface area contributed by atoms with Gasteiger partial charge in [-0.15, -0.1) is 0 Å². The number of nitrogens with zero attached hydrogens (tertiary/aromatic N) is 1. The molecule has 5 heteroatoms. The molecule has 1 aromatic rings. The molecule has 2 amide bonds. The molecule has 0 radical (unpaired) electrons. The van der Waals surface area contributed by atoms with E-state index < -0.39 is 0 Å². The van der Waals surface area contributed by atoms with Crippen LogP contribution in [0.2, 0.25) is 0 Å². The van der Waals surface area contributed by atoms with E-state index in [0.29, 0.717) is 0 Å². The van der Waals surface area contributed by atoms with Crippen molar-refractivity contribution in [1.82, 2.24) is 10.2 Å². The quantitative estimate of drug-likeness (QED) is 0.866. The van der Waals surface area contributed by atoms with E-state index in [2.05, 4.69) is 10.6 Å². The van der Waals surface area contributed by atoms with Gasteiger partial charge in [0.05, 0.1) is 12.6 Å². The molecule has 114 valence electrons. The number of likely N-dealkylation sites (tertiary alicyclic amines) is 1. The minimum Gasteiger partial charge on any atom is -0.341 e. The predicted molar refractivity (Wildman–Crippen MR) is 83.0 cm³/mol. The third kappa shape index (κ3) is 4.86. The number of piperidine rings is 1. The number of carbonyl (C=O) groups excluding carboxylic acids is 2. The molecular formula is C16H23N3O2. The van der Waals surface area contributed by atoms with Gasteiger partial charge in [0.1, 0.15) is 0 Å². The molecule has 0 bridgehead atoms. The van der Waals surface area contributed by atoms with Crippen LogP contribution in [0, 0.1) is 0 Å². The van der Waals surface area contributed by atoms with Crippen LogP contribution in [0.3, 0.4) is 0 Å². The van der Waals surface area contributed by atoms with Crippen molar-refractivity contribution in [2.45, 2.75) is 32.2 Å². The average molecular weight is 289 g/mol. The second kappa shape index (κ2) is 7.78. The van der Waals surface area contributed by atoms with Gasteiger partial charge in [0.25, 0.3) is 0 Å². The number of anilines is 1. The van der Waals surface area contributed by atoms with E-state index in [9.17, 15) is 9.59 Å². The zero-order valence-corrected chi connectivity index (χ0v) is 12.5. The fourth-order valence-electron chi connectivity index (χ4n) is 2.45. The van der Waals surface area contributed by atoms with E-state index in [1.807, 2.05) is 42.2 Å². The van der Waals surface area contributed by atoms with Crippen molar-refractivity contribution in [3.63, 3.8) is 0 Å². The van der Waals surface area contributed by atoms with Crippen LogP contribution in [0.15, 0.2) is 30.3 Å². The molecule has 0 saturated carbocycles. The number of carbonyl (C=O) groups is 2. The van der Waals surface area contributed by atoms with Crippen LogP contribution in [-0.2, 0) is 9.59 Å². The molecule has 1 atom stereocenters. The van der Waals surface area contributed by atoms with Gasteiger partial charge in [-0.25, -0.2) is 0 Å². The standard InChI is InChI=1S/C16H23N3O2/c1-13(16(21)19-10-6-3-7-11-19)17-12-15(20)18-14-8-4-2-5-9-14/h2,4-5,8-9,13,17H,3,6-7,10-12H2,1H3,(H,18,20). The third-order valence-corrected chi connectivity index (χ3v) is 3.66. The first kappa shape index (κ1) is 15.5. The molecule has 0 spiro atoms. The molecule has 21 heavy (non-hydrogen) atoms. The highest BCUT2D eigenvalue weighted by molar-refractivity contribution is 5.92. The summed E-state index contributed by atoms with van der Waals surface area (Å²) < 4.78 is 0. The zero-order chi connectivity index (χ0) is 15.1. The van der Waals surface area contributed by atoms with Crippen LogP contribution in [-0.4, -0.2) is 42.4 Å². The normalized spacial score (nSPS) is 16.3. The van der Waals surface area contributed by atoms with E-state index in [4.69, 9.17) is 0 Å². The summed E-state index contributed by atoms with van der Waals surface area (Å²) >= 11 is 0. The van der Waals surface area contributed by atoms with Crippen LogP contribution in [0.25, 0.3) is 0 Å². The fourth-order valence-corrected chi connectivity index (χ4v) is 2.45. The first-order valence-corrected chi connectivity index (χ1v) is 7.54. The maximum Gasteiger partial charge on any atom is 0.239 e. The molecule has 1 aromatic carbocycles. The molecule has 0 aliphatic carbocycles. The first-order valence-electron chi connectivity index (χ1n) is 7.54. The molecular weight excluding hydrogens is 266 g/mol. The maximum absolute atomic E-state index is 12.2. The molecule has 1 aliphatic heterocycles. The number of rotatable bonds is 5. The van der Waals surface area contributed by atoms with Crippen LogP contribution in [0.1, 0.15) is 26.2 Å². The molecule has 0 aromatic heterocycles. The Morgan fingerprint density at radius 2 is 1.81 bits per heavy atom. The van der Waals surface area contributed by atoms with Crippen molar-refractivity contribution in [2.75, 3.05) is 25.0 Å². The lowest BCUT2D eigenvalue weighted by atomic mass is 10.1. The van der Waals surface area contributed by atoms with Crippen molar-refractivity contribution in [2.24, 2.45) is 0 Å². The highest BCUT2D eigenvalue weighted by Crippen LogP contribution is 2.10. The van der Waals surface area contributed by atoms with E-state index in [0.717, 1.165) is 31.6 Å². The number of nitrogens with one attached hydrogen (secondary N) is 2. The van der Waals surface area contributed by atoms with Crippen molar-refractivity contribution >= 4 is 17.5 Å². The first-order chi connectivity index (χ1) is 10.2. The van der Waals surface area contributed by atoms with E-state index in [1.54, 1.807) is 0 Å².